The van der Waals surface area contributed by atoms with E-state index in [-0.39, 0.29) is 0 Å². The summed E-state index contributed by atoms with van der Waals surface area (Å²) >= 11 is 0. The van der Waals surface area contributed by atoms with Crippen LogP contribution in [-0.2, 0) is 11.6 Å². The number of nitrogens with zero attached hydrogens (tertiary/aromatic N) is 2. The van der Waals surface area contributed by atoms with Gasteiger partial charge in [-0.2, -0.15) is 5.10 Å². The molecule has 2 rings (SSSR count). The topological polar surface area (TPSA) is 17.8 Å². The minimum Gasteiger partial charge on any atom is -0.263 e. The Kier molecular flexibility index (Phi) is 3.14. The van der Waals surface area contributed by atoms with Gasteiger partial charge in [0.05, 0.1) is 11.3 Å². The van der Waals surface area contributed by atoms with Crippen molar-refractivity contribution in [2.75, 3.05) is 0 Å². The van der Waals surface area contributed by atoms with Gasteiger partial charge in [-0.3, -0.25) is 4.68 Å². The predicted molar refractivity (Wildman–Crippen MR) is 59.2 cm³/mol. The summed E-state index contributed by atoms with van der Waals surface area (Å²) in [4.78, 5) is 0. The van der Waals surface area contributed by atoms with E-state index in [1.165, 1.54) is 0 Å². The van der Waals surface area contributed by atoms with Crippen LogP contribution in [0.1, 0.15) is 63.0 Å². The van der Waals surface area contributed by atoms with E-state index in [1.54, 1.807) is 13.8 Å². The molecule has 0 spiro atoms. The van der Waals surface area contributed by atoms with Crippen LogP contribution >= 0.6 is 0 Å². The van der Waals surface area contributed by atoms with Gasteiger partial charge in [-0.05, 0) is 27.2 Å². The van der Waals surface area contributed by atoms with E-state index in [9.17, 15) is 22.0 Å². The molecular weight excluding hydrogens is 267 g/mol. The van der Waals surface area contributed by atoms with Crippen molar-refractivity contribution in [3.05, 3.63) is 17.0 Å². The number of halogens is 5. The average Bonchev–Trinajstić information content (AvgIpc) is 2.67. The molecule has 0 bridgehead atoms. The third-order valence-electron chi connectivity index (χ3n) is 3.40. The lowest BCUT2D eigenvalue weighted by Gasteiger charge is -2.33. The monoisotopic (exact) mass is 282 g/mol. The highest BCUT2D eigenvalue weighted by molar-refractivity contribution is 5.38. The summed E-state index contributed by atoms with van der Waals surface area (Å²) in [6, 6.07) is -0.467. The highest BCUT2D eigenvalue weighted by atomic mass is 19.3. The third kappa shape index (κ3) is 2.12. The van der Waals surface area contributed by atoms with Crippen LogP contribution in [0.5, 0.6) is 0 Å². The number of hydrogen-bond donors (Lipinski definition) is 0. The van der Waals surface area contributed by atoms with E-state index in [0.717, 1.165) is 11.6 Å². The Labute approximate surface area is 107 Å². The van der Waals surface area contributed by atoms with Gasteiger partial charge in [0.2, 0.25) is 0 Å². The molecule has 7 heteroatoms. The lowest BCUT2D eigenvalue weighted by atomic mass is 9.82. The molecule has 1 aromatic rings. The molecule has 0 fully saturated rings. The van der Waals surface area contributed by atoms with Crippen molar-refractivity contribution in [1.29, 1.82) is 0 Å². The molecule has 0 aromatic carbocycles. The maximum atomic E-state index is 14.5. The Morgan fingerprint density at radius 1 is 1.16 bits per heavy atom. The molecule has 108 valence electrons. The first kappa shape index (κ1) is 14.3. The summed E-state index contributed by atoms with van der Waals surface area (Å²) in [5, 5.41) is 3.53. The summed E-state index contributed by atoms with van der Waals surface area (Å²) in [6.07, 6.45) is -4.33. The minimum atomic E-state index is -3.46. The fraction of sp³-hybridized carbons (Fsp3) is 0.750. The zero-order valence-corrected chi connectivity index (χ0v) is 10.9. The lowest BCUT2D eigenvalue weighted by Crippen LogP contribution is -2.33. The number of fused-ring (bicyclic) bond motifs is 1. The number of hydrogen-bond acceptors (Lipinski definition) is 1. The summed E-state index contributed by atoms with van der Waals surface area (Å²) < 4.78 is 69.0. The zero-order valence-electron chi connectivity index (χ0n) is 10.9. The number of rotatable bonds is 2. The molecule has 1 atom stereocenters. The Bertz CT molecular complexity index is 448. The second-order valence-corrected chi connectivity index (χ2v) is 5.35. The van der Waals surface area contributed by atoms with E-state index in [1.807, 2.05) is 0 Å². The molecule has 1 aliphatic carbocycles. The van der Waals surface area contributed by atoms with Crippen LogP contribution in [0.2, 0.25) is 0 Å². The van der Waals surface area contributed by atoms with Crippen LogP contribution < -0.4 is 0 Å². The summed E-state index contributed by atoms with van der Waals surface area (Å²) in [5.41, 5.74) is -4.40. The van der Waals surface area contributed by atoms with Gasteiger partial charge in [0.15, 0.2) is 0 Å². The van der Waals surface area contributed by atoms with Crippen LogP contribution in [0.3, 0.4) is 0 Å². The van der Waals surface area contributed by atoms with Gasteiger partial charge < -0.3 is 0 Å². The first-order valence-corrected chi connectivity index (χ1v) is 6.06. The molecule has 0 saturated carbocycles. The molecule has 19 heavy (non-hydrogen) atoms. The van der Waals surface area contributed by atoms with Crippen molar-refractivity contribution < 1.29 is 22.0 Å². The predicted octanol–water partition coefficient (Wildman–Crippen LogP) is 4.47. The first-order valence-electron chi connectivity index (χ1n) is 6.06. The fourth-order valence-electron chi connectivity index (χ4n) is 2.47. The lowest BCUT2D eigenvalue weighted by molar-refractivity contribution is -0.0521. The Balaban J connectivity index is 2.78. The van der Waals surface area contributed by atoms with E-state index < -0.39 is 53.9 Å². The Hall–Kier alpha value is -1.14. The molecule has 1 aliphatic rings. The largest absolute Gasteiger partial charge is 0.282 e. The Morgan fingerprint density at radius 3 is 2.21 bits per heavy atom. The molecule has 0 radical (unpaired) electrons. The highest BCUT2D eigenvalue weighted by Gasteiger charge is 2.52. The SMILES string of the molecule is CC(C)n1nc(C(F)F)c2c1C(C)(F)CCC2(F)F. The maximum absolute atomic E-state index is 14.5. The van der Waals surface area contributed by atoms with Crippen molar-refractivity contribution in [2.24, 2.45) is 0 Å². The van der Waals surface area contributed by atoms with Gasteiger partial charge >= 0.3 is 0 Å². The second kappa shape index (κ2) is 4.18. The zero-order chi connectivity index (χ0) is 14.6. The van der Waals surface area contributed by atoms with Gasteiger partial charge in [-0.1, -0.05) is 0 Å². The minimum absolute atomic E-state index is 0.408. The Morgan fingerprint density at radius 2 is 1.74 bits per heavy atom. The van der Waals surface area contributed by atoms with E-state index >= 15 is 0 Å². The molecule has 1 heterocycles. The van der Waals surface area contributed by atoms with Crippen molar-refractivity contribution in [2.45, 2.75) is 57.7 Å². The average molecular weight is 282 g/mol. The summed E-state index contributed by atoms with van der Waals surface area (Å²) in [7, 11) is 0. The number of aromatic nitrogens is 2. The molecule has 1 aromatic heterocycles. The molecule has 2 nitrogen and oxygen atoms in total. The van der Waals surface area contributed by atoms with Gasteiger partial charge in [-0.25, -0.2) is 22.0 Å². The normalized spacial score (nSPS) is 26.0. The summed E-state index contributed by atoms with van der Waals surface area (Å²) in [6.45, 7) is 4.31. The van der Waals surface area contributed by atoms with Gasteiger partial charge in [0, 0.05) is 12.5 Å². The van der Waals surface area contributed by atoms with Crippen molar-refractivity contribution >= 4 is 0 Å². The third-order valence-corrected chi connectivity index (χ3v) is 3.40. The molecule has 0 N–H and O–H groups in total. The van der Waals surface area contributed by atoms with E-state index in [4.69, 9.17) is 0 Å². The summed E-state index contributed by atoms with van der Waals surface area (Å²) in [5.74, 6) is -3.46. The van der Waals surface area contributed by atoms with E-state index in [2.05, 4.69) is 5.10 Å². The van der Waals surface area contributed by atoms with E-state index in [0.29, 0.717) is 0 Å². The van der Waals surface area contributed by atoms with Gasteiger partial charge in [0.1, 0.15) is 11.4 Å². The van der Waals surface area contributed by atoms with Crippen LogP contribution in [0.4, 0.5) is 22.0 Å². The smallest absolute Gasteiger partial charge is 0.263 e. The molecular formula is C12H15F5N2. The van der Waals surface area contributed by atoms with Gasteiger partial charge in [0.25, 0.3) is 12.3 Å². The quantitative estimate of drug-likeness (QED) is 0.732. The van der Waals surface area contributed by atoms with Crippen LogP contribution in [0.15, 0.2) is 0 Å². The second-order valence-electron chi connectivity index (χ2n) is 5.35. The van der Waals surface area contributed by atoms with Gasteiger partial charge in [-0.15, -0.1) is 0 Å². The molecule has 0 amide bonds. The highest BCUT2D eigenvalue weighted by Crippen LogP contribution is 2.51. The van der Waals surface area contributed by atoms with Crippen LogP contribution in [-0.4, -0.2) is 9.78 Å². The van der Waals surface area contributed by atoms with Crippen LogP contribution in [0, 0.1) is 0 Å². The molecule has 1 unspecified atom stereocenters. The standard InChI is InChI=1S/C12H15F5N2/c1-6(2)19-9-7(8(18-19)10(13)14)12(16,17)5-4-11(9,3)15/h6,10H,4-5H2,1-3H3. The molecule has 0 aliphatic heterocycles. The molecule has 0 saturated heterocycles. The van der Waals surface area contributed by atoms with Crippen molar-refractivity contribution in [3.63, 3.8) is 0 Å². The first-order chi connectivity index (χ1) is 8.58. The van der Waals surface area contributed by atoms with Crippen molar-refractivity contribution in [3.8, 4) is 0 Å². The van der Waals surface area contributed by atoms with Crippen molar-refractivity contribution in [1.82, 2.24) is 9.78 Å². The number of alkyl halides is 5. The fourth-order valence-corrected chi connectivity index (χ4v) is 2.47. The maximum Gasteiger partial charge on any atom is 0.282 e. The van der Waals surface area contributed by atoms with Crippen LogP contribution in [0.25, 0.3) is 0 Å².